The molecule has 9 heteroatoms. The van der Waals surface area contributed by atoms with Crippen LogP contribution in [0.15, 0.2) is 47.6 Å². The molecule has 0 aliphatic heterocycles. The highest BCUT2D eigenvalue weighted by molar-refractivity contribution is 7.98. The molecular weight excluding hydrogens is 354 g/mol. The molecule has 0 unspecified atom stereocenters. The van der Waals surface area contributed by atoms with Crippen LogP contribution in [0.2, 0.25) is 0 Å². The summed E-state index contributed by atoms with van der Waals surface area (Å²) in [5.74, 6) is 0.715. The van der Waals surface area contributed by atoms with Crippen LogP contribution in [0.3, 0.4) is 0 Å². The number of benzene rings is 2. The van der Waals surface area contributed by atoms with Gasteiger partial charge in [0.1, 0.15) is 17.8 Å². The number of carbonyl (C=O) groups is 1. The van der Waals surface area contributed by atoms with Gasteiger partial charge in [-0.15, -0.1) is 16.9 Å². The number of carbonyl (C=O) groups excluding carboxylic acids is 1. The van der Waals surface area contributed by atoms with Crippen LogP contribution in [0, 0.1) is 0 Å². The van der Waals surface area contributed by atoms with Gasteiger partial charge in [-0.2, -0.15) is 0 Å². The second-order valence-corrected chi connectivity index (χ2v) is 6.04. The molecule has 1 aromatic heterocycles. The number of tetrazole rings is 1. The van der Waals surface area contributed by atoms with Crippen molar-refractivity contribution in [3.63, 3.8) is 0 Å². The van der Waals surface area contributed by atoms with Crippen molar-refractivity contribution in [3.05, 3.63) is 48.3 Å². The van der Waals surface area contributed by atoms with Crippen LogP contribution in [0.1, 0.15) is 10.4 Å². The van der Waals surface area contributed by atoms with Crippen LogP contribution >= 0.6 is 11.8 Å². The Labute approximate surface area is 154 Å². The molecule has 26 heavy (non-hydrogen) atoms. The van der Waals surface area contributed by atoms with E-state index in [1.165, 1.54) is 25.2 Å². The molecular formula is C17H17N5O3S. The standard InChI is InChI=1S/C17H17N5O3S/c1-24-15-9-12(26-3)5-6-13(15)17(23)19-14-7-4-11(8-16(14)25-2)22-10-18-20-21-22/h4-10H,1-3H3,(H,19,23). The van der Waals surface area contributed by atoms with Gasteiger partial charge in [0.15, 0.2) is 0 Å². The van der Waals surface area contributed by atoms with Crippen LogP contribution in [0.5, 0.6) is 11.5 Å². The molecule has 0 saturated carbocycles. The van der Waals surface area contributed by atoms with E-state index in [1.807, 2.05) is 18.4 Å². The highest BCUT2D eigenvalue weighted by atomic mass is 32.2. The maximum Gasteiger partial charge on any atom is 0.259 e. The summed E-state index contributed by atoms with van der Waals surface area (Å²) in [4.78, 5) is 13.7. The number of hydrogen-bond acceptors (Lipinski definition) is 7. The van der Waals surface area contributed by atoms with Crippen LogP contribution in [0.4, 0.5) is 5.69 Å². The van der Waals surface area contributed by atoms with E-state index in [1.54, 1.807) is 36.0 Å². The number of hydrogen-bond donors (Lipinski definition) is 1. The minimum Gasteiger partial charge on any atom is -0.496 e. The minimum atomic E-state index is -0.289. The third-order valence-corrected chi connectivity index (χ3v) is 4.43. The molecule has 1 N–H and O–H groups in total. The summed E-state index contributed by atoms with van der Waals surface area (Å²) in [6.07, 6.45) is 3.44. The number of nitrogens with one attached hydrogen (secondary N) is 1. The van der Waals surface area contributed by atoms with Gasteiger partial charge in [0, 0.05) is 11.0 Å². The van der Waals surface area contributed by atoms with E-state index in [9.17, 15) is 4.79 Å². The van der Waals surface area contributed by atoms with E-state index >= 15 is 0 Å². The highest BCUT2D eigenvalue weighted by Crippen LogP contribution is 2.30. The predicted molar refractivity (Wildman–Crippen MR) is 98.4 cm³/mol. The molecule has 0 aliphatic carbocycles. The normalized spacial score (nSPS) is 10.4. The third-order valence-electron chi connectivity index (χ3n) is 3.70. The Morgan fingerprint density at radius 2 is 1.92 bits per heavy atom. The van der Waals surface area contributed by atoms with Crippen molar-refractivity contribution in [2.75, 3.05) is 25.8 Å². The summed E-state index contributed by atoms with van der Waals surface area (Å²) in [5, 5.41) is 13.9. The molecule has 2 aromatic carbocycles. The molecule has 3 aromatic rings. The maximum atomic E-state index is 12.7. The van der Waals surface area contributed by atoms with Crippen molar-refractivity contribution in [2.24, 2.45) is 0 Å². The molecule has 0 bridgehead atoms. The molecule has 8 nitrogen and oxygen atoms in total. The van der Waals surface area contributed by atoms with Crippen LogP contribution in [-0.2, 0) is 0 Å². The second-order valence-electron chi connectivity index (χ2n) is 5.16. The lowest BCUT2D eigenvalue weighted by atomic mass is 10.1. The van der Waals surface area contributed by atoms with E-state index in [4.69, 9.17) is 9.47 Å². The Morgan fingerprint density at radius 3 is 2.58 bits per heavy atom. The first-order valence-electron chi connectivity index (χ1n) is 7.61. The zero-order valence-electron chi connectivity index (χ0n) is 14.5. The van der Waals surface area contributed by atoms with E-state index in [0.717, 1.165) is 4.90 Å². The van der Waals surface area contributed by atoms with Crippen molar-refractivity contribution in [3.8, 4) is 17.2 Å². The summed E-state index contributed by atoms with van der Waals surface area (Å²) in [5.41, 5.74) is 1.69. The zero-order valence-corrected chi connectivity index (χ0v) is 15.3. The van der Waals surface area contributed by atoms with Gasteiger partial charge in [-0.05, 0) is 47.0 Å². The van der Waals surface area contributed by atoms with Crippen LogP contribution in [-0.4, -0.2) is 46.6 Å². The monoisotopic (exact) mass is 371 g/mol. The number of rotatable bonds is 6. The molecule has 0 fully saturated rings. The summed E-state index contributed by atoms with van der Waals surface area (Å²) in [7, 11) is 3.07. The number of methoxy groups -OCH3 is 2. The van der Waals surface area contributed by atoms with Gasteiger partial charge in [0.25, 0.3) is 5.91 Å². The number of anilines is 1. The fourth-order valence-corrected chi connectivity index (χ4v) is 2.81. The maximum absolute atomic E-state index is 12.7. The van der Waals surface area contributed by atoms with Crippen molar-refractivity contribution < 1.29 is 14.3 Å². The number of aromatic nitrogens is 4. The topological polar surface area (TPSA) is 91.2 Å². The molecule has 1 amide bonds. The summed E-state index contributed by atoms with van der Waals surface area (Å²) in [6.45, 7) is 0. The van der Waals surface area contributed by atoms with Crippen LogP contribution < -0.4 is 14.8 Å². The Kier molecular flexibility index (Phi) is 5.37. The molecule has 0 saturated heterocycles. The fourth-order valence-electron chi connectivity index (χ4n) is 2.38. The Hall–Kier alpha value is -3.07. The Bertz CT molecular complexity index is 915. The Balaban J connectivity index is 1.87. The van der Waals surface area contributed by atoms with Crippen molar-refractivity contribution >= 4 is 23.4 Å². The number of amides is 1. The van der Waals surface area contributed by atoms with Gasteiger partial charge in [0.05, 0.1) is 31.2 Å². The quantitative estimate of drug-likeness (QED) is 0.666. The summed E-state index contributed by atoms with van der Waals surface area (Å²) < 4.78 is 12.2. The number of ether oxygens (including phenoxy) is 2. The van der Waals surface area contributed by atoms with E-state index in [0.29, 0.717) is 28.4 Å². The molecule has 134 valence electrons. The number of thioether (sulfide) groups is 1. The lowest BCUT2D eigenvalue weighted by Gasteiger charge is -2.13. The molecule has 0 atom stereocenters. The molecule has 0 aliphatic rings. The average molecular weight is 371 g/mol. The summed E-state index contributed by atoms with van der Waals surface area (Å²) >= 11 is 1.58. The molecule has 3 rings (SSSR count). The lowest BCUT2D eigenvalue weighted by molar-refractivity contribution is 0.102. The first-order chi connectivity index (χ1) is 12.7. The predicted octanol–water partition coefficient (Wildman–Crippen LogP) is 2.65. The third kappa shape index (κ3) is 3.62. The van der Waals surface area contributed by atoms with E-state index in [-0.39, 0.29) is 5.91 Å². The Morgan fingerprint density at radius 1 is 1.12 bits per heavy atom. The lowest BCUT2D eigenvalue weighted by Crippen LogP contribution is -2.14. The minimum absolute atomic E-state index is 0.289. The smallest absolute Gasteiger partial charge is 0.259 e. The fraction of sp³-hybridized carbons (Fsp3) is 0.176. The van der Waals surface area contributed by atoms with Crippen LogP contribution in [0.25, 0.3) is 5.69 Å². The largest absolute Gasteiger partial charge is 0.496 e. The van der Waals surface area contributed by atoms with Crippen molar-refractivity contribution in [2.45, 2.75) is 4.90 Å². The molecule has 0 radical (unpaired) electrons. The van der Waals surface area contributed by atoms with Crippen molar-refractivity contribution in [1.82, 2.24) is 20.2 Å². The second kappa shape index (κ2) is 7.87. The zero-order chi connectivity index (χ0) is 18.5. The average Bonchev–Trinajstić information content (AvgIpc) is 3.22. The summed E-state index contributed by atoms with van der Waals surface area (Å²) in [6, 6.07) is 10.7. The van der Waals surface area contributed by atoms with Gasteiger partial charge in [-0.3, -0.25) is 4.79 Å². The van der Waals surface area contributed by atoms with Gasteiger partial charge in [-0.1, -0.05) is 0 Å². The van der Waals surface area contributed by atoms with Gasteiger partial charge < -0.3 is 14.8 Å². The first-order valence-corrected chi connectivity index (χ1v) is 8.83. The highest BCUT2D eigenvalue weighted by Gasteiger charge is 2.16. The van der Waals surface area contributed by atoms with Gasteiger partial charge in [0.2, 0.25) is 0 Å². The van der Waals surface area contributed by atoms with Gasteiger partial charge >= 0.3 is 0 Å². The van der Waals surface area contributed by atoms with E-state index < -0.39 is 0 Å². The van der Waals surface area contributed by atoms with Crippen molar-refractivity contribution in [1.29, 1.82) is 0 Å². The number of nitrogens with zero attached hydrogens (tertiary/aromatic N) is 4. The first kappa shape index (κ1) is 17.7. The van der Waals surface area contributed by atoms with Gasteiger partial charge in [-0.25, -0.2) is 4.68 Å². The van der Waals surface area contributed by atoms with E-state index in [2.05, 4.69) is 20.8 Å². The molecule has 1 heterocycles. The SMILES string of the molecule is COc1cc(-n2cnnn2)ccc1NC(=O)c1ccc(SC)cc1OC. The molecule has 0 spiro atoms.